The van der Waals surface area contributed by atoms with E-state index in [0.29, 0.717) is 12.2 Å². The second kappa shape index (κ2) is 7.64. The van der Waals surface area contributed by atoms with Crippen molar-refractivity contribution in [1.82, 2.24) is 0 Å². The summed E-state index contributed by atoms with van der Waals surface area (Å²) in [5.41, 5.74) is 7.81. The van der Waals surface area contributed by atoms with Crippen molar-refractivity contribution in [3.05, 3.63) is 27.7 Å². The quantitative estimate of drug-likeness (QED) is 0.806. The number of esters is 1. The molecular formula is C15H22BrNO3. The van der Waals surface area contributed by atoms with E-state index < -0.39 is 0 Å². The van der Waals surface area contributed by atoms with Gasteiger partial charge >= 0.3 is 5.97 Å². The topological polar surface area (TPSA) is 61.5 Å². The van der Waals surface area contributed by atoms with E-state index >= 15 is 0 Å². The molecule has 0 heterocycles. The fourth-order valence-corrected chi connectivity index (χ4v) is 2.55. The second-order valence-corrected chi connectivity index (χ2v) is 6.14. The predicted molar refractivity (Wildman–Crippen MR) is 83.0 cm³/mol. The molecule has 2 N–H and O–H groups in total. The lowest BCUT2D eigenvalue weighted by Gasteiger charge is -2.16. The molecule has 0 saturated heterocycles. The minimum absolute atomic E-state index is 0.0219. The average Bonchev–Trinajstić information content (AvgIpc) is 2.25. The van der Waals surface area contributed by atoms with E-state index in [1.807, 2.05) is 39.8 Å². The van der Waals surface area contributed by atoms with Crippen molar-refractivity contribution in [2.45, 2.75) is 46.3 Å². The molecule has 1 unspecified atom stereocenters. The van der Waals surface area contributed by atoms with E-state index in [9.17, 15) is 4.79 Å². The number of carbonyl (C=O) groups is 1. The first kappa shape index (κ1) is 17.0. The van der Waals surface area contributed by atoms with Crippen LogP contribution in [0.4, 0.5) is 0 Å². The number of ether oxygens (including phenoxy) is 2. The lowest BCUT2D eigenvalue weighted by Crippen LogP contribution is -2.21. The van der Waals surface area contributed by atoms with Gasteiger partial charge in [0.05, 0.1) is 6.10 Å². The molecule has 0 aromatic heterocycles. The van der Waals surface area contributed by atoms with Crippen LogP contribution in [0.15, 0.2) is 16.6 Å². The summed E-state index contributed by atoms with van der Waals surface area (Å²) in [5.74, 6) is 0.347. The minimum atomic E-state index is -0.367. The normalized spacial score (nSPS) is 12.3. The van der Waals surface area contributed by atoms with E-state index in [4.69, 9.17) is 15.2 Å². The Labute approximate surface area is 128 Å². The van der Waals surface area contributed by atoms with E-state index in [2.05, 4.69) is 15.9 Å². The molecule has 1 aromatic carbocycles. The van der Waals surface area contributed by atoms with Gasteiger partial charge in [-0.1, -0.05) is 15.9 Å². The highest BCUT2D eigenvalue weighted by atomic mass is 79.9. The summed E-state index contributed by atoms with van der Waals surface area (Å²) < 4.78 is 11.7. The van der Waals surface area contributed by atoms with Gasteiger partial charge in [-0.2, -0.15) is 0 Å². The maximum Gasteiger partial charge on any atom is 0.344 e. The van der Waals surface area contributed by atoms with Crippen molar-refractivity contribution in [1.29, 1.82) is 0 Å². The van der Waals surface area contributed by atoms with Crippen molar-refractivity contribution in [3.8, 4) is 5.75 Å². The maximum absolute atomic E-state index is 11.6. The molecule has 5 heteroatoms. The molecule has 0 amide bonds. The maximum atomic E-state index is 11.6. The number of rotatable bonds is 6. The Bertz CT molecular complexity index is 472. The van der Waals surface area contributed by atoms with Gasteiger partial charge in [0.2, 0.25) is 0 Å². The van der Waals surface area contributed by atoms with Crippen LogP contribution in [0.25, 0.3) is 0 Å². The van der Waals surface area contributed by atoms with Gasteiger partial charge in [0, 0.05) is 10.5 Å². The fraction of sp³-hybridized carbons (Fsp3) is 0.533. The molecule has 0 aliphatic rings. The van der Waals surface area contributed by atoms with Crippen molar-refractivity contribution < 1.29 is 14.3 Å². The van der Waals surface area contributed by atoms with E-state index in [1.165, 1.54) is 0 Å². The number of aryl methyl sites for hydroxylation is 1. The zero-order valence-corrected chi connectivity index (χ0v) is 14.0. The first-order chi connectivity index (χ1) is 9.29. The Morgan fingerprint density at radius 1 is 1.35 bits per heavy atom. The molecule has 112 valence electrons. The van der Waals surface area contributed by atoms with E-state index in [1.54, 1.807) is 0 Å². The molecule has 0 spiro atoms. The largest absolute Gasteiger partial charge is 0.481 e. The Balaban J connectivity index is 2.84. The van der Waals surface area contributed by atoms with Crippen LogP contribution < -0.4 is 10.5 Å². The van der Waals surface area contributed by atoms with Gasteiger partial charge in [0.1, 0.15) is 5.75 Å². The third kappa shape index (κ3) is 5.51. The summed E-state index contributed by atoms with van der Waals surface area (Å²) in [6.07, 6.45) is 0.551. The predicted octanol–water partition coefficient (Wildman–Crippen LogP) is 2.98. The molecular weight excluding hydrogens is 322 g/mol. The number of carbonyl (C=O) groups excluding carboxylic acids is 1. The number of nitrogens with two attached hydrogens (primary N) is 1. The molecule has 0 aliphatic carbocycles. The first-order valence-electron chi connectivity index (χ1n) is 6.66. The first-order valence-corrected chi connectivity index (χ1v) is 7.45. The molecule has 4 nitrogen and oxygen atoms in total. The van der Waals surface area contributed by atoms with Crippen LogP contribution in [0, 0.1) is 6.92 Å². The van der Waals surface area contributed by atoms with Gasteiger partial charge in [-0.25, -0.2) is 4.79 Å². The van der Waals surface area contributed by atoms with Crippen LogP contribution in [0.3, 0.4) is 0 Å². The average molecular weight is 344 g/mol. The summed E-state index contributed by atoms with van der Waals surface area (Å²) in [6.45, 7) is 7.41. The fourth-order valence-electron chi connectivity index (χ4n) is 1.93. The zero-order chi connectivity index (χ0) is 15.3. The molecule has 1 rings (SSSR count). The summed E-state index contributed by atoms with van der Waals surface area (Å²) in [4.78, 5) is 11.6. The van der Waals surface area contributed by atoms with Crippen LogP contribution in [-0.4, -0.2) is 24.7 Å². The highest BCUT2D eigenvalue weighted by molar-refractivity contribution is 9.10. The van der Waals surface area contributed by atoms with Gasteiger partial charge in [-0.15, -0.1) is 0 Å². The summed E-state index contributed by atoms with van der Waals surface area (Å²) in [7, 11) is 0. The zero-order valence-electron chi connectivity index (χ0n) is 12.4. The van der Waals surface area contributed by atoms with E-state index in [-0.39, 0.29) is 24.7 Å². The van der Waals surface area contributed by atoms with Crippen LogP contribution in [0.5, 0.6) is 5.75 Å². The van der Waals surface area contributed by atoms with Gasteiger partial charge in [0.15, 0.2) is 6.61 Å². The Hall–Kier alpha value is -1.07. The third-order valence-electron chi connectivity index (χ3n) is 2.56. The Morgan fingerprint density at radius 3 is 2.55 bits per heavy atom. The number of hydrogen-bond donors (Lipinski definition) is 1. The van der Waals surface area contributed by atoms with Crippen molar-refractivity contribution in [2.24, 2.45) is 5.73 Å². The van der Waals surface area contributed by atoms with Crippen LogP contribution in [0.2, 0.25) is 0 Å². The van der Waals surface area contributed by atoms with Crippen LogP contribution >= 0.6 is 15.9 Å². The Kier molecular flexibility index (Phi) is 6.49. The van der Waals surface area contributed by atoms with Gasteiger partial charge in [0.25, 0.3) is 0 Å². The van der Waals surface area contributed by atoms with Crippen LogP contribution in [-0.2, 0) is 16.0 Å². The third-order valence-corrected chi connectivity index (χ3v) is 3.02. The molecule has 1 aromatic rings. The standard InChI is InChI=1S/C15H22BrNO3/c1-9(2)20-14(18)8-19-15-10(3)5-13(16)7-12(15)6-11(4)17/h5,7,9,11H,6,8,17H2,1-4H3. The molecule has 0 bridgehead atoms. The molecule has 0 radical (unpaired) electrons. The molecule has 20 heavy (non-hydrogen) atoms. The highest BCUT2D eigenvalue weighted by Crippen LogP contribution is 2.29. The van der Waals surface area contributed by atoms with Crippen molar-refractivity contribution in [2.75, 3.05) is 6.61 Å². The second-order valence-electron chi connectivity index (χ2n) is 5.22. The SMILES string of the molecule is Cc1cc(Br)cc(CC(C)N)c1OCC(=O)OC(C)C. The molecule has 0 saturated carbocycles. The number of halogens is 1. The van der Waals surface area contributed by atoms with Gasteiger partial charge < -0.3 is 15.2 Å². The van der Waals surface area contributed by atoms with Gasteiger partial charge in [-0.05, 0) is 57.4 Å². The van der Waals surface area contributed by atoms with E-state index in [0.717, 1.165) is 15.6 Å². The van der Waals surface area contributed by atoms with Gasteiger partial charge in [-0.3, -0.25) is 0 Å². The number of benzene rings is 1. The smallest absolute Gasteiger partial charge is 0.344 e. The monoisotopic (exact) mass is 343 g/mol. The lowest BCUT2D eigenvalue weighted by atomic mass is 10.0. The van der Waals surface area contributed by atoms with Crippen LogP contribution in [0.1, 0.15) is 31.9 Å². The summed E-state index contributed by atoms with van der Waals surface area (Å²) in [5, 5.41) is 0. The summed E-state index contributed by atoms with van der Waals surface area (Å²) >= 11 is 3.46. The molecule has 0 fully saturated rings. The lowest BCUT2D eigenvalue weighted by molar-refractivity contribution is -0.149. The number of hydrogen-bond acceptors (Lipinski definition) is 4. The summed E-state index contributed by atoms with van der Waals surface area (Å²) in [6, 6.07) is 3.95. The molecule has 0 aliphatic heterocycles. The van der Waals surface area contributed by atoms with Crippen molar-refractivity contribution >= 4 is 21.9 Å². The Morgan fingerprint density at radius 2 is 2.00 bits per heavy atom. The highest BCUT2D eigenvalue weighted by Gasteiger charge is 2.13. The van der Waals surface area contributed by atoms with Crippen molar-refractivity contribution in [3.63, 3.8) is 0 Å². The molecule has 1 atom stereocenters. The minimum Gasteiger partial charge on any atom is -0.481 e.